The molecule has 0 aliphatic heterocycles. The Balaban J connectivity index is 2.44. The minimum absolute atomic E-state index is 0.0706. The lowest BCUT2D eigenvalue weighted by Crippen LogP contribution is -2.15. The van der Waals surface area contributed by atoms with Gasteiger partial charge in [0, 0.05) is 20.8 Å². The van der Waals surface area contributed by atoms with E-state index in [9.17, 15) is 4.79 Å². The minimum Gasteiger partial charge on any atom is -0.299 e. The van der Waals surface area contributed by atoms with E-state index in [1.54, 1.807) is 6.92 Å². The molecule has 88 valence electrons. The first kappa shape index (κ1) is 12.8. The van der Waals surface area contributed by atoms with E-state index >= 15 is 0 Å². The predicted molar refractivity (Wildman–Crippen MR) is 77.0 cm³/mol. The van der Waals surface area contributed by atoms with Crippen molar-refractivity contribution < 1.29 is 4.79 Å². The highest BCUT2D eigenvalue weighted by Gasteiger charge is 2.30. The van der Waals surface area contributed by atoms with Gasteiger partial charge in [-0.25, -0.2) is 0 Å². The van der Waals surface area contributed by atoms with Gasteiger partial charge >= 0.3 is 0 Å². The third-order valence-electron chi connectivity index (χ3n) is 2.99. The summed E-state index contributed by atoms with van der Waals surface area (Å²) in [7, 11) is 0. The van der Waals surface area contributed by atoms with Crippen LogP contribution < -0.4 is 0 Å². The number of allylic oxidation sites excluding steroid dienone is 3. The molecule has 3 heteroatoms. The van der Waals surface area contributed by atoms with E-state index in [1.807, 2.05) is 30.4 Å². The number of benzene rings is 1. The first-order valence-corrected chi connectivity index (χ1v) is 6.91. The fourth-order valence-electron chi connectivity index (χ4n) is 2.22. The highest BCUT2D eigenvalue weighted by atomic mass is 79.9. The van der Waals surface area contributed by atoms with Crippen molar-refractivity contribution in [3.63, 3.8) is 0 Å². The molecule has 1 aromatic carbocycles. The van der Waals surface area contributed by atoms with Crippen LogP contribution in [-0.4, -0.2) is 5.78 Å². The van der Waals surface area contributed by atoms with Gasteiger partial charge in [-0.05, 0) is 36.3 Å². The molecule has 0 aromatic heterocycles. The molecule has 2 rings (SSSR count). The smallest absolute Gasteiger partial charge is 0.137 e. The van der Waals surface area contributed by atoms with Gasteiger partial charge in [0.1, 0.15) is 5.78 Å². The molecule has 0 radical (unpaired) electrons. The molecule has 1 aliphatic carbocycles. The number of Topliss-reactive ketones (excluding diaryl/α,β-unsaturated/α-hetero) is 1. The number of rotatable bonds is 2. The van der Waals surface area contributed by atoms with Crippen molar-refractivity contribution in [2.45, 2.75) is 12.8 Å². The lowest BCUT2D eigenvalue weighted by Gasteiger charge is -2.19. The molecule has 0 saturated heterocycles. The monoisotopic (exact) mass is 354 g/mol. The molecule has 0 N–H and O–H groups in total. The van der Waals surface area contributed by atoms with Crippen molar-refractivity contribution in [3.05, 3.63) is 57.0 Å². The standard InChI is InChI=1S/C14H12Br2O/c1-8-3-4-13(9(2)17)14(8)10-5-11(15)7-12(16)6-10/h3-7,13-14H,1H2,2H3/t13-,14-/m1/s1. The Morgan fingerprint density at radius 1 is 1.24 bits per heavy atom. The van der Waals surface area contributed by atoms with E-state index in [0.717, 1.165) is 20.1 Å². The van der Waals surface area contributed by atoms with E-state index in [0.29, 0.717) is 0 Å². The van der Waals surface area contributed by atoms with Gasteiger partial charge in [-0.3, -0.25) is 4.79 Å². The number of hydrogen-bond acceptors (Lipinski definition) is 1. The zero-order valence-electron chi connectivity index (χ0n) is 9.41. The average molecular weight is 356 g/mol. The molecule has 0 amide bonds. The van der Waals surface area contributed by atoms with Crippen LogP contribution in [0, 0.1) is 5.92 Å². The maximum Gasteiger partial charge on any atom is 0.137 e. The van der Waals surface area contributed by atoms with Gasteiger partial charge < -0.3 is 0 Å². The first-order valence-electron chi connectivity index (χ1n) is 5.32. The van der Waals surface area contributed by atoms with Gasteiger partial charge in [-0.1, -0.05) is 50.6 Å². The molecule has 1 nitrogen and oxygen atoms in total. The van der Waals surface area contributed by atoms with Gasteiger partial charge in [-0.15, -0.1) is 0 Å². The second-order valence-electron chi connectivity index (χ2n) is 4.25. The van der Waals surface area contributed by atoms with E-state index < -0.39 is 0 Å². The number of carbonyl (C=O) groups excluding carboxylic acids is 1. The Morgan fingerprint density at radius 3 is 2.35 bits per heavy atom. The van der Waals surface area contributed by atoms with Crippen LogP contribution in [-0.2, 0) is 4.79 Å². The average Bonchev–Trinajstić information content (AvgIpc) is 2.58. The summed E-state index contributed by atoms with van der Waals surface area (Å²) in [4.78, 5) is 11.6. The third kappa shape index (κ3) is 2.61. The van der Waals surface area contributed by atoms with Crippen LogP contribution in [0.4, 0.5) is 0 Å². The number of carbonyl (C=O) groups is 1. The summed E-state index contributed by atoms with van der Waals surface area (Å²) in [5.41, 5.74) is 2.11. The Kier molecular flexibility index (Phi) is 3.69. The molecule has 1 aromatic rings. The summed E-state index contributed by atoms with van der Waals surface area (Å²) in [6.07, 6.45) is 3.90. The molecule has 0 spiro atoms. The van der Waals surface area contributed by atoms with Crippen molar-refractivity contribution in [1.29, 1.82) is 0 Å². The van der Waals surface area contributed by atoms with Gasteiger partial charge in [0.25, 0.3) is 0 Å². The highest BCUT2D eigenvalue weighted by Crippen LogP contribution is 2.40. The van der Waals surface area contributed by atoms with Gasteiger partial charge in [-0.2, -0.15) is 0 Å². The number of halogens is 2. The van der Waals surface area contributed by atoms with Crippen LogP contribution in [0.25, 0.3) is 0 Å². The number of ketones is 1. The Morgan fingerprint density at radius 2 is 1.82 bits per heavy atom. The van der Waals surface area contributed by atoms with Gasteiger partial charge in [0.2, 0.25) is 0 Å². The lowest BCUT2D eigenvalue weighted by atomic mass is 9.84. The van der Waals surface area contributed by atoms with Crippen LogP contribution in [0.2, 0.25) is 0 Å². The second kappa shape index (κ2) is 4.91. The molecular weight excluding hydrogens is 344 g/mol. The van der Waals surface area contributed by atoms with Gasteiger partial charge in [0.15, 0.2) is 0 Å². The summed E-state index contributed by atoms with van der Waals surface area (Å²) < 4.78 is 2.01. The normalized spacial score (nSPS) is 23.1. The summed E-state index contributed by atoms with van der Waals surface area (Å²) in [6, 6.07) is 6.07. The van der Waals surface area contributed by atoms with Crippen LogP contribution in [0.1, 0.15) is 18.4 Å². The number of hydrogen-bond donors (Lipinski definition) is 0. The van der Waals surface area contributed by atoms with Crippen LogP contribution in [0.3, 0.4) is 0 Å². The summed E-state index contributed by atoms with van der Waals surface area (Å²) in [6.45, 7) is 5.67. The SMILES string of the molecule is C=C1C=C[C@H](C(C)=O)[C@H]1c1cc(Br)cc(Br)c1. The largest absolute Gasteiger partial charge is 0.299 e. The quantitative estimate of drug-likeness (QED) is 0.756. The Labute approximate surface area is 118 Å². The minimum atomic E-state index is -0.0799. The van der Waals surface area contributed by atoms with Crippen LogP contribution in [0.5, 0.6) is 0 Å². The van der Waals surface area contributed by atoms with E-state index in [2.05, 4.69) is 38.4 Å². The lowest BCUT2D eigenvalue weighted by molar-refractivity contribution is -0.119. The van der Waals surface area contributed by atoms with E-state index in [4.69, 9.17) is 0 Å². The Bertz CT molecular complexity index is 497. The molecule has 0 fully saturated rings. The van der Waals surface area contributed by atoms with Crippen molar-refractivity contribution in [1.82, 2.24) is 0 Å². The maximum absolute atomic E-state index is 11.6. The van der Waals surface area contributed by atoms with Crippen molar-refractivity contribution in [3.8, 4) is 0 Å². The van der Waals surface area contributed by atoms with Crippen molar-refractivity contribution in [2.24, 2.45) is 5.92 Å². The molecule has 0 unspecified atom stereocenters. The molecular formula is C14H12Br2O. The second-order valence-corrected chi connectivity index (χ2v) is 6.08. The molecule has 1 aliphatic rings. The first-order chi connectivity index (χ1) is 7.99. The van der Waals surface area contributed by atoms with Crippen molar-refractivity contribution in [2.75, 3.05) is 0 Å². The maximum atomic E-state index is 11.6. The van der Waals surface area contributed by atoms with E-state index in [-0.39, 0.29) is 17.6 Å². The molecule has 2 atom stereocenters. The third-order valence-corrected chi connectivity index (χ3v) is 3.91. The van der Waals surface area contributed by atoms with Crippen molar-refractivity contribution >= 4 is 37.6 Å². The van der Waals surface area contributed by atoms with Crippen LogP contribution >= 0.6 is 31.9 Å². The topological polar surface area (TPSA) is 17.1 Å². The molecule has 0 bridgehead atoms. The molecule has 0 heterocycles. The summed E-state index contributed by atoms with van der Waals surface area (Å²) in [5.74, 6) is 0.172. The molecule has 17 heavy (non-hydrogen) atoms. The predicted octanol–water partition coefficient (Wildman–Crippen LogP) is 4.63. The fourth-order valence-corrected chi connectivity index (χ4v) is 3.55. The summed E-state index contributed by atoms with van der Waals surface area (Å²) >= 11 is 6.94. The van der Waals surface area contributed by atoms with Gasteiger partial charge in [0.05, 0.1) is 0 Å². The van der Waals surface area contributed by atoms with Crippen LogP contribution in [0.15, 0.2) is 51.4 Å². The zero-order valence-corrected chi connectivity index (χ0v) is 12.6. The Hall–Kier alpha value is -0.670. The molecule has 0 saturated carbocycles. The fraction of sp³-hybridized carbons (Fsp3) is 0.214. The highest BCUT2D eigenvalue weighted by molar-refractivity contribution is 9.11. The van der Waals surface area contributed by atoms with E-state index in [1.165, 1.54) is 0 Å². The zero-order chi connectivity index (χ0) is 12.6. The summed E-state index contributed by atoms with van der Waals surface area (Å²) in [5, 5.41) is 0.